The van der Waals surface area contributed by atoms with E-state index in [-0.39, 0.29) is 23.1 Å². The van der Waals surface area contributed by atoms with Gasteiger partial charge in [0.05, 0.1) is 17.9 Å². The van der Waals surface area contributed by atoms with Crippen molar-refractivity contribution in [2.45, 2.75) is 39.2 Å². The number of carbonyl (C=O) groups excluding carboxylic acids is 1. The van der Waals surface area contributed by atoms with Gasteiger partial charge < -0.3 is 10.4 Å². The van der Waals surface area contributed by atoms with E-state index in [0.717, 1.165) is 0 Å². The highest BCUT2D eigenvalue weighted by Crippen LogP contribution is 2.22. The fourth-order valence-corrected chi connectivity index (χ4v) is 2.13. The van der Waals surface area contributed by atoms with Crippen molar-refractivity contribution in [3.63, 3.8) is 0 Å². The first-order valence-corrected chi connectivity index (χ1v) is 7.33. The Morgan fingerprint density at radius 3 is 2.27 bits per heavy atom. The predicted molar refractivity (Wildman–Crippen MR) is 86.9 cm³/mol. The van der Waals surface area contributed by atoms with E-state index in [1.54, 1.807) is 12.1 Å². The Morgan fingerprint density at radius 1 is 1.14 bits per heavy atom. The number of hydrogen-bond donors (Lipinski definition) is 2. The molecule has 22 heavy (non-hydrogen) atoms. The van der Waals surface area contributed by atoms with E-state index >= 15 is 0 Å². The zero-order valence-electron chi connectivity index (χ0n) is 13.4. The van der Waals surface area contributed by atoms with Gasteiger partial charge in [-0.3, -0.25) is 9.78 Å². The molecule has 1 heterocycles. The lowest BCUT2D eigenvalue weighted by Crippen LogP contribution is -2.27. The Balaban J connectivity index is 2.07. The summed E-state index contributed by atoms with van der Waals surface area (Å²) in [6.07, 6.45) is 1.37. The summed E-state index contributed by atoms with van der Waals surface area (Å²) in [6.45, 7) is 8.28. The molecule has 0 radical (unpaired) electrons. The van der Waals surface area contributed by atoms with Crippen molar-refractivity contribution in [1.29, 1.82) is 0 Å². The van der Waals surface area contributed by atoms with Crippen LogP contribution in [0.5, 0.6) is 5.75 Å². The molecule has 1 atom stereocenters. The summed E-state index contributed by atoms with van der Waals surface area (Å²) >= 11 is 0. The van der Waals surface area contributed by atoms with Crippen molar-refractivity contribution in [3.05, 3.63) is 59.4 Å². The number of benzene rings is 1. The van der Waals surface area contributed by atoms with Crippen LogP contribution in [0.4, 0.5) is 0 Å². The van der Waals surface area contributed by atoms with E-state index in [4.69, 9.17) is 0 Å². The third kappa shape index (κ3) is 3.85. The van der Waals surface area contributed by atoms with Gasteiger partial charge in [0.2, 0.25) is 0 Å². The Labute approximate surface area is 131 Å². The minimum Gasteiger partial charge on any atom is -0.506 e. The maximum atomic E-state index is 12.3. The van der Waals surface area contributed by atoms with Gasteiger partial charge in [0.25, 0.3) is 5.91 Å². The fraction of sp³-hybridized carbons (Fsp3) is 0.333. The number of rotatable bonds is 3. The molecule has 0 aliphatic carbocycles. The highest BCUT2D eigenvalue weighted by atomic mass is 16.3. The summed E-state index contributed by atoms with van der Waals surface area (Å²) in [5.41, 5.74) is 2.59. The molecule has 1 aromatic heterocycles. The molecule has 4 nitrogen and oxygen atoms in total. The molecule has 2 aromatic rings. The number of amides is 1. The Kier molecular flexibility index (Phi) is 4.50. The van der Waals surface area contributed by atoms with Crippen LogP contribution in [-0.4, -0.2) is 16.0 Å². The van der Waals surface area contributed by atoms with E-state index in [9.17, 15) is 9.90 Å². The maximum Gasteiger partial charge on any atom is 0.251 e. The van der Waals surface area contributed by atoms with Crippen molar-refractivity contribution >= 4 is 5.91 Å². The number of hydrogen-bond acceptors (Lipinski definition) is 3. The van der Waals surface area contributed by atoms with E-state index in [1.807, 2.05) is 31.2 Å². The van der Waals surface area contributed by atoms with Crippen LogP contribution in [0, 0.1) is 0 Å². The molecule has 0 bridgehead atoms. The molecule has 0 saturated heterocycles. The molecule has 2 N–H and O–H groups in total. The van der Waals surface area contributed by atoms with Gasteiger partial charge in [-0.1, -0.05) is 32.9 Å². The van der Waals surface area contributed by atoms with Crippen LogP contribution in [-0.2, 0) is 5.41 Å². The van der Waals surface area contributed by atoms with Gasteiger partial charge in [0.1, 0.15) is 5.75 Å². The number of pyridine rings is 1. The zero-order valence-corrected chi connectivity index (χ0v) is 13.4. The molecule has 0 aliphatic heterocycles. The topological polar surface area (TPSA) is 62.2 Å². The van der Waals surface area contributed by atoms with Crippen LogP contribution >= 0.6 is 0 Å². The number of nitrogens with zero attached hydrogens (tertiary/aromatic N) is 1. The lowest BCUT2D eigenvalue weighted by atomic mass is 9.86. The average Bonchev–Trinajstić information content (AvgIpc) is 2.47. The van der Waals surface area contributed by atoms with Crippen LogP contribution in [0.3, 0.4) is 0 Å². The summed E-state index contributed by atoms with van der Waals surface area (Å²) in [7, 11) is 0. The molecular weight excluding hydrogens is 276 g/mol. The molecule has 1 aromatic carbocycles. The minimum absolute atomic E-state index is 0.0677. The molecule has 116 valence electrons. The second-order valence-corrected chi connectivity index (χ2v) is 6.46. The largest absolute Gasteiger partial charge is 0.506 e. The predicted octanol–water partition coefficient (Wildman–Crippen LogP) is 3.58. The van der Waals surface area contributed by atoms with Gasteiger partial charge in [-0.15, -0.1) is 0 Å². The van der Waals surface area contributed by atoms with Crippen LogP contribution in [0.15, 0.2) is 42.6 Å². The zero-order chi connectivity index (χ0) is 16.3. The quantitative estimate of drug-likeness (QED) is 0.910. The number of carbonyl (C=O) groups is 1. The SMILES string of the molecule is C[C@@H](NC(=O)c1ccc(C(C)(C)C)cc1)c1ccc(O)cn1. The first-order chi connectivity index (χ1) is 10.3. The van der Waals surface area contributed by atoms with Crippen LogP contribution in [0.2, 0.25) is 0 Å². The molecule has 0 spiro atoms. The van der Waals surface area contributed by atoms with Crippen LogP contribution < -0.4 is 5.32 Å². The Bertz CT molecular complexity index is 640. The second kappa shape index (κ2) is 6.18. The third-order valence-electron chi connectivity index (χ3n) is 3.58. The van der Waals surface area contributed by atoms with Crippen molar-refractivity contribution in [2.75, 3.05) is 0 Å². The third-order valence-corrected chi connectivity index (χ3v) is 3.58. The smallest absolute Gasteiger partial charge is 0.251 e. The van der Waals surface area contributed by atoms with E-state index in [1.165, 1.54) is 11.8 Å². The molecule has 4 heteroatoms. The minimum atomic E-state index is -0.226. The first kappa shape index (κ1) is 16.0. The van der Waals surface area contributed by atoms with Gasteiger partial charge >= 0.3 is 0 Å². The van der Waals surface area contributed by atoms with E-state index in [2.05, 4.69) is 31.1 Å². The van der Waals surface area contributed by atoms with Gasteiger partial charge in [0, 0.05) is 5.56 Å². The highest BCUT2D eigenvalue weighted by molar-refractivity contribution is 5.94. The van der Waals surface area contributed by atoms with Gasteiger partial charge in [0.15, 0.2) is 0 Å². The summed E-state index contributed by atoms with van der Waals surface area (Å²) in [6, 6.07) is 10.7. The van der Waals surface area contributed by atoms with Crippen molar-refractivity contribution in [3.8, 4) is 5.75 Å². The summed E-state index contributed by atoms with van der Waals surface area (Å²) in [5, 5.41) is 12.1. The lowest BCUT2D eigenvalue weighted by Gasteiger charge is -2.19. The van der Waals surface area contributed by atoms with Gasteiger partial charge in [-0.05, 0) is 42.2 Å². The van der Waals surface area contributed by atoms with Gasteiger partial charge in [-0.2, -0.15) is 0 Å². The highest BCUT2D eigenvalue weighted by Gasteiger charge is 2.16. The molecule has 1 amide bonds. The van der Waals surface area contributed by atoms with Crippen molar-refractivity contribution in [2.24, 2.45) is 0 Å². The molecular formula is C18H22N2O2. The normalized spacial score (nSPS) is 12.7. The number of aromatic nitrogens is 1. The molecule has 2 rings (SSSR count). The summed E-state index contributed by atoms with van der Waals surface area (Å²) < 4.78 is 0. The average molecular weight is 298 g/mol. The summed E-state index contributed by atoms with van der Waals surface area (Å²) in [5.74, 6) is -0.0251. The monoisotopic (exact) mass is 298 g/mol. The molecule has 0 aliphatic rings. The Morgan fingerprint density at radius 2 is 1.77 bits per heavy atom. The maximum absolute atomic E-state index is 12.3. The molecule has 0 unspecified atom stereocenters. The number of aromatic hydroxyl groups is 1. The Hall–Kier alpha value is -2.36. The second-order valence-electron chi connectivity index (χ2n) is 6.46. The van der Waals surface area contributed by atoms with Crippen LogP contribution in [0.25, 0.3) is 0 Å². The van der Waals surface area contributed by atoms with Crippen LogP contribution in [0.1, 0.15) is 55.4 Å². The standard InChI is InChI=1S/C18H22N2O2/c1-12(16-10-9-15(21)11-19-16)20-17(22)13-5-7-14(8-6-13)18(2,3)4/h5-12,21H,1-4H3,(H,20,22)/t12-/m1/s1. The van der Waals surface area contributed by atoms with E-state index < -0.39 is 0 Å². The van der Waals surface area contributed by atoms with Gasteiger partial charge in [-0.25, -0.2) is 0 Å². The number of nitrogens with one attached hydrogen (secondary N) is 1. The first-order valence-electron chi connectivity index (χ1n) is 7.33. The lowest BCUT2D eigenvalue weighted by molar-refractivity contribution is 0.0939. The van der Waals surface area contributed by atoms with Crippen molar-refractivity contribution < 1.29 is 9.90 Å². The molecule has 0 saturated carbocycles. The fourth-order valence-electron chi connectivity index (χ4n) is 2.13. The van der Waals surface area contributed by atoms with E-state index in [0.29, 0.717) is 11.3 Å². The van der Waals surface area contributed by atoms with Crippen molar-refractivity contribution in [1.82, 2.24) is 10.3 Å². The summed E-state index contributed by atoms with van der Waals surface area (Å²) in [4.78, 5) is 16.4. The molecule has 0 fully saturated rings.